The van der Waals surface area contributed by atoms with Crippen LogP contribution < -0.4 is 10.7 Å². The average Bonchev–Trinajstić information content (AvgIpc) is 3.61. The number of fused-ring (bicyclic) bond motifs is 1. The lowest BCUT2D eigenvalue weighted by Crippen LogP contribution is -2.50. The van der Waals surface area contributed by atoms with Crippen LogP contribution in [0.1, 0.15) is 72.5 Å². The minimum absolute atomic E-state index is 0.00501. The summed E-state index contributed by atoms with van der Waals surface area (Å²) in [6, 6.07) is 9.36. The van der Waals surface area contributed by atoms with E-state index in [-0.39, 0.29) is 29.0 Å². The number of carbonyl (C=O) groups excluding carboxylic acids is 1. The van der Waals surface area contributed by atoms with Crippen LogP contribution in [0.2, 0.25) is 43.8 Å². The molecule has 280 valence electrons. The lowest BCUT2D eigenvalue weighted by Gasteiger charge is -2.44. The third-order valence-corrected chi connectivity index (χ3v) is 16.1. The maximum Gasteiger partial charge on any atom is 0.407 e. The molecule has 3 unspecified atom stereocenters. The molecule has 51 heavy (non-hydrogen) atoms. The standard InChI is InChI=1S/C37H58FN7O4Si2/c1-36(2,3)48-35(46)41-25-18-26(20-27(19-25)49-51(10,11)37(4,5)6)45-32-21-30(34-43-40-23-44(34)24-47-16-17-50(7,8)9)39-22-31(32)42-33(45)28-14-12-13-15-29(28)38/h12-15,21-22,25-27,40H,16-20,23-24H2,1-11H3,(H,41,46). The van der Waals surface area contributed by atoms with Gasteiger partial charge in [0, 0.05) is 32.9 Å². The lowest BCUT2D eigenvalue weighted by atomic mass is 9.88. The molecular weight excluding hydrogens is 682 g/mol. The summed E-state index contributed by atoms with van der Waals surface area (Å²) in [5, 5.41) is 7.72. The number of imidazole rings is 1. The number of hydrazone groups is 1. The first-order valence-electron chi connectivity index (χ1n) is 18.1. The lowest BCUT2D eigenvalue weighted by molar-refractivity contribution is 0.0426. The molecule has 1 aromatic carbocycles. The number of halogens is 1. The molecule has 3 atom stereocenters. The first-order valence-corrected chi connectivity index (χ1v) is 24.8. The highest BCUT2D eigenvalue weighted by Crippen LogP contribution is 2.42. The Hall–Kier alpha value is -3.34. The fourth-order valence-corrected chi connectivity index (χ4v) is 8.41. The number of nitrogens with one attached hydrogen (secondary N) is 2. The fourth-order valence-electron chi connectivity index (χ4n) is 6.27. The van der Waals surface area contributed by atoms with Gasteiger partial charge in [0.15, 0.2) is 14.2 Å². The van der Waals surface area contributed by atoms with Gasteiger partial charge in [-0.05, 0) is 82.4 Å². The molecule has 1 amide bonds. The molecule has 1 aliphatic carbocycles. The number of amidine groups is 1. The fraction of sp³-hybridized carbons (Fsp3) is 0.622. The largest absolute Gasteiger partial charge is 0.444 e. The Labute approximate surface area is 304 Å². The molecule has 1 saturated carbocycles. The summed E-state index contributed by atoms with van der Waals surface area (Å²) >= 11 is 0. The van der Waals surface area contributed by atoms with Crippen molar-refractivity contribution in [2.45, 2.75) is 128 Å². The van der Waals surface area contributed by atoms with Gasteiger partial charge < -0.3 is 28.7 Å². The van der Waals surface area contributed by atoms with Crippen LogP contribution in [0.5, 0.6) is 0 Å². The van der Waals surface area contributed by atoms with Crippen molar-refractivity contribution < 1.29 is 23.1 Å². The molecule has 2 N–H and O–H groups in total. The highest BCUT2D eigenvalue weighted by Gasteiger charge is 2.42. The van der Waals surface area contributed by atoms with Crippen LogP contribution in [0, 0.1) is 5.82 Å². The van der Waals surface area contributed by atoms with Crippen molar-refractivity contribution in [2.24, 2.45) is 5.10 Å². The quantitative estimate of drug-likeness (QED) is 0.150. The highest BCUT2D eigenvalue weighted by atomic mass is 28.4. The predicted octanol–water partition coefficient (Wildman–Crippen LogP) is 8.08. The van der Waals surface area contributed by atoms with Crippen LogP contribution in [0.3, 0.4) is 0 Å². The number of nitrogens with zero attached hydrogens (tertiary/aromatic N) is 5. The number of benzene rings is 1. The van der Waals surface area contributed by atoms with Gasteiger partial charge in [-0.2, -0.15) is 5.10 Å². The Morgan fingerprint density at radius 1 is 1.06 bits per heavy atom. The Morgan fingerprint density at radius 2 is 1.78 bits per heavy atom. The summed E-state index contributed by atoms with van der Waals surface area (Å²) in [5.41, 5.74) is 4.96. The van der Waals surface area contributed by atoms with Crippen LogP contribution in [0.25, 0.3) is 22.4 Å². The van der Waals surface area contributed by atoms with Gasteiger partial charge in [0.25, 0.3) is 0 Å². The molecule has 3 heterocycles. The van der Waals surface area contributed by atoms with E-state index in [1.54, 1.807) is 18.3 Å². The smallest absolute Gasteiger partial charge is 0.407 e. The zero-order valence-electron chi connectivity index (χ0n) is 32.4. The van der Waals surface area contributed by atoms with Gasteiger partial charge in [-0.15, -0.1) is 0 Å². The number of pyridine rings is 1. The first kappa shape index (κ1) is 38.9. The molecule has 5 rings (SSSR count). The average molecular weight is 740 g/mol. The maximum absolute atomic E-state index is 15.6. The van der Waals surface area contributed by atoms with E-state index in [4.69, 9.17) is 23.9 Å². The molecule has 14 heteroatoms. The van der Waals surface area contributed by atoms with Gasteiger partial charge in [-0.1, -0.05) is 52.5 Å². The molecule has 0 spiro atoms. The Balaban J connectivity index is 1.55. The summed E-state index contributed by atoms with van der Waals surface area (Å²) in [6.07, 6.45) is 3.02. The summed E-state index contributed by atoms with van der Waals surface area (Å²) in [6.45, 7) is 25.4. The number of carbonyl (C=O) groups is 1. The van der Waals surface area contributed by atoms with E-state index in [9.17, 15) is 4.79 Å². The minimum atomic E-state index is -2.19. The van der Waals surface area contributed by atoms with Crippen LogP contribution in [0.4, 0.5) is 9.18 Å². The number of amides is 1. The van der Waals surface area contributed by atoms with Crippen molar-refractivity contribution in [3.05, 3.63) is 48.0 Å². The predicted molar refractivity (Wildman–Crippen MR) is 206 cm³/mol. The summed E-state index contributed by atoms with van der Waals surface area (Å²) in [7, 11) is -3.42. The van der Waals surface area contributed by atoms with E-state index in [1.807, 2.05) is 37.8 Å². The van der Waals surface area contributed by atoms with Gasteiger partial charge in [-0.25, -0.2) is 14.2 Å². The maximum atomic E-state index is 15.6. The van der Waals surface area contributed by atoms with Crippen LogP contribution in [-0.4, -0.2) is 85.5 Å². The SMILES string of the molecule is CC(C)(C)OC(=O)NC1CC(O[Si](C)(C)C(C)(C)C)CC(n2c(-c3ccccc3F)nc3cnc(C4=NNCN4COCC[Si](C)(C)C)cc32)C1. The Kier molecular flexibility index (Phi) is 11.4. The van der Waals surface area contributed by atoms with Crippen LogP contribution in [-0.2, 0) is 13.9 Å². The molecule has 11 nitrogen and oxygen atoms in total. The Morgan fingerprint density at radius 3 is 2.45 bits per heavy atom. The second kappa shape index (κ2) is 15.0. The number of alkyl carbamates (subject to hydrolysis) is 1. The number of hydrogen-bond acceptors (Lipinski definition) is 9. The van der Waals surface area contributed by atoms with E-state index >= 15 is 4.39 Å². The van der Waals surface area contributed by atoms with Gasteiger partial charge in [-0.3, -0.25) is 10.4 Å². The van der Waals surface area contributed by atoms with Crippen molar-refractivity contribution in [3.8, 4) is 11.4 Å². The third-order valence-electron chi connectivity index (χ3n) is 9.90. The van der Waals surface area contributed by atoms with Crippen molar-refractivity contribution in [1.82, 2.24) is 30.2 Å². The molecule has 0 saturated heterocycles. The third kappa shape index (κ3) is 9.76. The summed E-state index contributed by atoms with van der Waals surface area (Å²) < 4.78 is 36.5. The van der Waals surface area contributed by atoms with Gasteiger partial charge in [0.05, 0.1) is 17.3 Å². The van der Waals surface area contributed by atoms with Gasteiger partial charge in [0.2, 0.25) is 0 Å². The molecule has 0 radical (unpaired) electrons. The molecule has 0 bridgehead atoms. The van der Waals surface area contributed by atoms with Crippen molar-refractivity contribution in [2.75, 3.05) is 20.0 Å². The highest BCUT2D eigenvalue weighted by molar-refractivity contribution is 6.76. The number of ether oxygens (including phenoxy) is 2. The second-order valence-electron chi connectivity index (χ2n) is 17.7. The first-order chi connectivity index (χ1) is 23.7. The Bertz CT molecular complexity index is 1730. The topological polar surface area (TPSA) is 115 Å². The minimum Gasteiger partial charge on any atom is -0.444 e. The zero-order chi connectivity index (χ0) is 37.4. The zero-order valence-corrected chi connectivity index (χ0v) is 34.4. The molecular formula is C37H58FN7O4Si2. The monoisotopic (exact) mass is 739 g/mol. The van der Waals surface area contributed by atoms with E-state index in [2.05, 4.69) is 73.9 Å². The number of hydrogen-bond donors (Lipinski definition) is 2. The van der Waals surface area contributed by atoms with Crippen LogP contribution >= 0.6 is 0 Å². The van der Waals surface area contributed by atoms with Crippen LogP contribution in [0.15, 0.2) is 41.6 Å². The second-order valence-corrected chi connectivity index (χ2v) is 28.1. The van der Waals surface area contributed by atoms with Gasteiger partial charge >= 0.3 is 6.09 Å². The van der Waals surface area contributed by atoms with E-state index in [1.165, 1.54) is 6.07 Å². The summed E-state index contributed by atoms with van der Waals surface area (Å²) in [4.78, 5) is 24.9. The van der Waals surface area contributed by atoms with Gasteiger partial charge in [0.1, 0.15) is 41.9 Å². The number of aromatic nitrogens is 3. The normalized spacial score (nSPS) is 20.4. The molecule has 3 aromatic rings. The summed E-state index contributed by atoms with van der Waals surface area (Å²) in [5.74, 6) is 0.827. The van der Waals surface area contributed by atoms with Crippen molar-refractivity contribution in [3.63, 3.8) is 0 Å². The molecule has 2 aliphatic rings. The van der Waals surface area contributed by atoms with Crippen molar-refractivity contribution in [1.29, 1.82) is 0 Å². The molecule has 2 aromatic heterocycles. The molecule has 1 fully saturated rings. The van der Waals surface area contributed by atoms with Crippen molar-refractivity contribution >= 4 is 39.4 Å². The van der Waals surface area contributed by atoms with E-state index in [0.717, 1.165) is 11.6 Å². The van der Waals surface area contributed by atoms with E-state index in [0.29, 0.717) is 67.7 Å². The number of rotatable bonds is 11. The molecule has 1 aliphatic heterocycles. The van der Waals surface area contributed by atoms with E-state index < -0.39 is 28.1 Å².